The van der Waals surface area contributed by atoms with Crippen LogP contribution < -0.4 is 10.6 Å². The molecule has 20 heavy (non-hydrogen) atoms. The van der Waals surface area contributed by atoms with E-state index in [1.54, 1.807) is 6.33 Å². The van der Waals surface area contributed by atoms with Gasteiger partial charge in [0.2, 0.25) is 0 Å². The van der Waals surface area contributed by atoms with Crippen LogP contribution in [0.15, 0.2) is 12.4 Å². The second-order valence-corrected chi connectivity index (χ2v) is 6.21. The number of nitrogens with one attached hydrogen (secondary N) is 2. The van der Waals surface area contributed by atoms with Crippen LogP contribution in [0, 0.1) is 0 Å². The van der Waals surface area contributed by atoms with Crippen molar-refractivity contribution in [1.29, 1.82) is 0 Å². The molecule has 4 heteroatoms. The summed E-state index contributed by atoms with van der Waals surface area (Å²) >= 11 is 0. The van der Waals surface area contributed by atoms with E-state index in [4.69, 9.17) is 0 Å². The maximum Gasteiger partial charge on any atom is 0.129 e. The fourth-order valence-electron chi connectivity index (χ4n) is 3.39. The molecule has 0 bridgehead atoms. The number of hydrogen-bond acceptors (Lipinski definition) is 4. The Morgan fingerprint density at radius 1 is 1.10 bits per heavy atom. The average Bonchev–Trinajstić information content (AvgIpc) is 3.00. The Morgan fingerprint density at radius 2 is 2.00 bits per heavy atom. The van der Waals surface area contributed by atoms with Crippen LogP contribution in [0.25, 0.3) is 0 Å². The molecular weight excluding hydrogens is 248 g/mol. The Bertz CT molecular complexity index is 409. The summed E-state index contributed by atoms with van der Waals surface area (Å²) in [4.78, 5) is 8.79. The summed E-state index contributed by atoms with van der Waals surface area (Å²) < 4.78 is 0. The van der Waals surface area contributed by atoms with Crippen molar-refractivity contribution < 1.29 is 0 Å². The molecule has 2 N–H and O–H groups in total. The van der Waals surface area contributed by atoms with E-state index in [0.717, 1.165) is 12.2 Å². The third-order valence-corrected chi connectivity index (χ3v) is 4.59. The maximum absolute atomic E-state index is 4.41. The van der Waals surface area contributed by atoms with Crippen LogP contribution in [0.4, 0.5) is 5.82 Å². The SMILES string of the molecule is c1nc(CCC2CCCN2)cc(NC2CCCCC2)n1. The lowest BCUT2D eigenvalue weighted by Crippen LogP contribution is -2.23. The first-order chi connectivity index (χ1) is 9.90. The highest BCUT2D eigenvalue weighted by atomic mass is 15.0. The van der Waals surface area contributed by atoms with Gasteiger partial charge >= 0.3 is 0 Å². The molecule has 1 aromatic heterocycles. The van der Waals surface area contributed by atoms with Crippen LogP contribution in [-0.2, 0) is 6.42 Å². The largest absolute Gasteiger partial charge is 0.367 e. The molecule has 110 valence electrons. The van der Waals surface area contributed by atoms with Crippen molar-refractivity contribution in [1.82, 2.24) is 15.3 Å². The number of anilines is 1. The van der Waals surface area contributed by atoms with E-state index in [0.29, 0.717) is 12.1 Å². The summed E-state index contributed by atoms with van der Waals surface area (Å²) in [5.41, 5.74) is 1.17. The first-order valence-corrected chi connectivity index (χ1v) is 8.21. The molecule has 0 amide bonds. The number of nitrogens with zero attached hydrogens (tertiary/aromatic N) is 2. The van der Waals surface area contributed by atoms with Crippen LogP contribution >= 0.6 is 0 Å². The Hall–Kier alpha value is -1.16. The predicted octanol–water partition coefficient (Wildman–Crippen LogP) is 2.91. The van der Waals surface area contributed by atoms with Crippen molar-refractivity contribution in [3.8, 4) is 0 Å². The van der Waals surface area contributed by atoms with Crippen LogP contribution in [0.3, 0.4) is 0 Å². The zero-order valence-electron chi connectivity index (χ0n) is 12.3. The van der Waals surface area contributed by atoms with Gasteiger partial charge in [0.15, 0.2) is 0 Å². The molecule has 0 aromatic carbocycles. The second-order valence-electron chi connectivity index (χ2n) is 6.21. The standard InChI is InChI=1S/C16H26N4/c1-2-5-14(6-3-1)20-16-11-15(18-12-19-16)9-8-13-7-4-10-17-13/h11-14,17H,1-10H2,(H,18,19,20). The molecule has 2 heterocycles. The zero-order chi connectivity index (χ0) is 13.6. The molecule has 1 aliphatic heterocycles. The Labute approximate surface area is 121 Å². The summed E-state index contributed by atoms with van der Waals surface area (Å²) in [6, 6.07) is 3.45. The lowest BCUT2D eigenvalue weighted by atomic mass is 9.95. The topological polar surface area (TPSA) is 49.8 Å². The molecule has 0 radical (unpaired) electrons. The van der Waals surface area contributed by atoms with E-state index in [1.807, 2.05) is 0 Å². The highest BCUT2D eigenvalue weighted by molar-refractivity contribution is 5.36. The summed E-state index contributed by atoms with van der Waals surface area (Å²) in [5, 5.41) is 7.13. The second kappa shape index (κ2) is 7.02. The summed E-state index contributed by atoms with van der Waals surface area (Å²) in [5.74, 6) is 1.02. The van der Waals surface area contributed by atoms with Crippen molar-refractivity contribution in [2.45, 2.75) is 69.9 Å². The van der Waals surface area contributed by atoms with Gasteiger partial charge < -0.3 is 10.6 Å². The fraction of sp³-hybridized carbons (Fsp3) is 0.750. The Kier molecular flexibility index (Phi) is 4.85. The first-order valence-electron chi connectivity index (χ1n) is 8.21. The van der Waals surface area contributed by atoms with Crippen molar-refractivity contribution >= 4 is 5.82 Å². The molecule has 1 atom stereocenters. The van der Waals surface area contributed by atoms with Gasteiger partial charge in [0.1, 0.15) is 12.1 Å². The van der Waals surface area contributed by atoms with Crippen LogP contribution in [0.2, 0.25) is 0 Å². The quantitative estimate of drug-likeness (QED) is 0.867. The van der Waals surface area contributed by atoms with Gasteiger partial charge in [-0.15, -0.1) is 0 Å². The summed E-state index contributed by atoms with van der Waals surface area (Å²) in [6.45, 7) is 1.18. The number of rotatable bonds is 5. The summed E-state index contributed by atoms with van der Waals surface area (Å²) in [7, 11) is 0. The van der Waals surface area contributed by atoms with Gasteiger partial charge in [-0.25, -0.2) is 9.97 Å². The summed E-state index contributed by atoms with van der Waals surface area (Å²) in [6.07, 6.45) is 13.3. The van der Waals surface area contributed by atoms with E-state index >= 15 is 0 Å². The van der Waals surface area contributed by atoms with Crippen LogP contribution in [-0.4, -0.2) is 28.6 Å². The van der Waals surface area contributed by atoms with Gasteiger partial charge in [0.05, 0.1) is 0 Å². The maximum atomic E-state index is 4.41. The van der Waals surface area contributed by atoms with Crippen LogP contribution in [0.5, 0.6) is 0 Å². The molecule has 0 spiro atoms. The fourth-order valence-corrected chi connectivity index (χ4v) is 3.39. The smallest absolute Gasteiger partial charge is 0.129 e. The van der Waals surface area contributed by atoms with E-state index in [2.05, 4.69) is 26.7 Å². The highest BCUT2D eigenvalue weighted by Gasteiger charge is 2.15. The van der Waals surface area contributed by atoms with Crippen LogP contribution in [0.1, 0.15) is 57.1 Å². The molecule has 2 aliphatic rings. The molecule has 1 unspecified atom stereocenters. The lowest BCUT2D eigenvalue weighted by molar-refractivity contribution is 0.461. The Balaban J connectivity index is 1.51. The molecule has 1 aliphatic carbocycles. The van der Waals surface area contributed by atoms with Crippen molar-refractivity contribution in [3.63, 3.8) is 0 Å². The third-order valence-electron chi connectivity index (χ3n) is 4.59. The highest BCUT2D eigenvalue weighted by Crippen LogP contribution is 2.21. The average molecular weight is 274 g/mol. The normalized spacial score (nSPS) is 23.9. The molecule has 1 saturated carbocycles. The Morgan fingerprint density at radius 3 is 2.80 bits per heavy atom. The van der Waals surface area contributed by atoms with Crippen molar-refractivity contribution in [2.75, 3.05) is 11.9 Å². The minimum Gasteiger partial charge on any atom is -0.367 e. The van der Waals surface area contributed by atoms with Gasteiger partial charge in [-0.2, -0.15) is 0 Å². The third kappa shape index (κ3) is 3.92. The zero-order valence-corrected chi connectivity index (χ0v) is 12.3. The number of aromatic nitrogens is 2. The van der Waals surface area contributed by atoms with Gasteiger partial charge in [0.25, 0.3) is 0 Å². The van der Waals surface area contributed by atoms with E-state index in [1.165, 1.54) is 63.6 Å². The molecule has 4 nitrogen and oxygen atoms in total. The molecule has 1 saturated heterocycles. The number of aryl methyl sites for hydroxylation is 1. The number of hydrogen-bond donors (Lipinski definition) is 2. The first kappa shape index (κ1) is 13.8. The van der Waals surface area contributed by atoms with E-state index < -0.39 is 0 Å². The van der Waals surface area contributed by atoms with Gasteiger partial charge in [-0.05, 0) is 45.1 Å². The molecular formula is C16H26N4. The van der Waals surface area contributed by atoms with Gasteiger partial charge in [-0.3, -0.25) is 0 Å². The molecule has 3 rings (SSSR count). The minimum atomic E-state index is 0.614. The van der Waals surface area contributed by atoms with Gasteiger partial charge in [0, 0.05) is 23.8 Å². The molecule has 1 aromatic rings. The minimum absolute atomic E-state index is 0.614. The lowest BCUT2D eigenvalue weighted by Gasteiger charge is -2.23. The predicted molar refractivity (Wildman–Crippen MR) is 81.9 cm³/mol. The van der Waals surface area contributed by atoms with E-state index in [9.17, 15) is 0 Å². The van der Waals surface area contributed by atoms with E-state index in [-0.39, 0.29) is 0 Å². The monoisotopic (exact) mass is 274 g/mol. The molecule has 2 fully saturated rings. The van der Waals surface area contributed by atoms with Crippen molar-refractivity contribution in [2.24, 2.45) is 0 Å². The van der Waals surface area contributed by atoms with Gasteiger partial charge in [-0.1, -0.05) is 19.3 Å². The van der Waals surface area contributed by atoms with Crippen molar-refractivity contribution in [3.05, 3.63) is 18.1 Å².